The topological polar surface area (TPSA) is 105 Å². The van der Waals surface area contributed by atoms with Gasteiger partial charge in [-0.25, -0.2) is 8.42 Å². The molecule has 0 heterocycles. The van der Waals surface area contributed by atoms with Crippen LogP contribution in [0, 0.1) is 6.92 Å². The summed E-state index contributed by atoms with van der Waals surface area (Å²) in [5.41, 5.74) is 1.95. The lowest BCUT2D eigenvalue weighted by molar-refractivity contribution is -0.139. The molecule has 0 aromatic heterocycles. The summed E-state index contributed by atoms with van der Waals surface area (Å²) >= 11 is 0. The number of amides is 2. The molecule has 0 unspecified atom stereocenters. The molecule has 208 valence electrons. The van der Waals surface area contributed by atoms with E-state index in [2.05, 4.69) is 5.32 Å². The van der Waals surface area contributed by atoms with Crippen molar-refractivity contribution in [2.75, 3.05) is 31.6 Å². The van der Waals surface area contributed by atoms with Gasteiger partial charge >= 0.3 is 0 Å². The molecule has 9 nitrogen and oxygen atoms in total. The van der Waals surface area contributed by atoms with Gasteiger partial charge in [0.25, 0.3) is 10.0 Å². The van der Waals surface area contributed by atoms with Crippen LogP contribution in [0.4, 0.5) is 5.69 Å². The Bertz CT molecular complexity index is 1400. The van der Waals surface area contributed by atoms with Gasteiger partial charge in [-0.15, -0.1) is 0 Å². The van der Waals surface area contributed by atoms with Crippen molar-refractivity contribution in [2.24, 2.45) is 0 Å². The number of methoxy groups -OCH3 is 2. The predicted octanol–water partition coefficient (Wildman–Crippen LogP) is 3.76. The molecule has 1 atom stereocenters. The van der Waals surface area contributed by atoms with Gasteiger partial charge in [0.05, 0.1) is 24.8 Å². The lowest BCUT2D eigenvalue weighted by Gasteiger charge is -2.32. The maximum atomic E-state index is 14.0. The molecule has 3 rings (SSSR count). The number of aryl methyl sites for hydroxylation is 1. The summed E-state index contributed by atoms with van der Waals surface area (Å²) in [5, 5.41) is 2.75. The first-order chi connectivity index (χ1) is 18.6. The van der Waals surface area contributed by atoms with Crippen molar-refractivity contribution in [2.45, 2.75) is 38.3 Å². The summed E-state index contributed by atoms with van der Waals surface area (Å²) < 4.78 is 39.7. The molecule has 0 bridgehead atoms. The number of likely N-dealkylation sites (N-methyl/N-ethyl adjacent to an activating group) is 1. The van der Waals surface area contributed by atoms with E-state index in [1.165, 1.54) is 37.3 Å². The third-order valence-electron chi connectivity index (χ3n) is 6.22. The third-order valence-corrected chi connectivity index (χ3v) is 7.99. The maximum Gasteiger partial charge on any atom is 0.264 e. The monoisotopic (exact) mass is 553 g/mol. The molecule has 0 saturated carbocycles. The van der Waals surface area contributed by atoms with Gasteiger partial charge in [0.2, 0.25) is 11.8 Å². The van der Waals surface area contributed by atoms with Gasteiger partial charge in [0.15, 0.2) is 0 Å². The van der Waals surface area contributed by atoms with Crippen LogP contribution < -0.4 is 19.1 Å². The van der Waals surface area contributed by atoms with E-state index in [0.717, 1.165) is 15.4 Å². The van der Waals surface area contributed by atoms with Gasteiger partial charge < -0.3 is 19.7 Å². The van der Waals surface area contributed by atoms with Crippen LogP contribution in [0.5, 0.6) is 11.5 Å². The van der Waals surface area contributed by atoms with Crippen molar-refractivity contribution in [3.05, 3.63) is 83.9 Å². The zero-order chi connectivity index (χ0) is 28.6. The van der Waals surface area contributed by atoms with Crippen LogP contribution in [0.3, 0.4) is 0 Å². The average molecular weight is 554 g/mol. The molecule has 2 amide bonds. The maximum absolute atomic E-state index is 14.0. The molecule has 3 aromatic rings. The summed E-state index contributed by atoms with van der Waals surface area (Å²) in [4.78, 5) is 28.2. The van der Waals surface area contributed by atoms with Crippen LogP contribution in [0.2, 0.25) is 0 Å². The molecule has 1 N–H and O–H groups in total. The SMILES string of the molecule is CCNC(=O)[C@H](C)N(Cc1cccc(C)c1)C(=O)CN(c1cc(OC)ccc1OC)S(=O)(=O)c1ccccc1. The van der Waals surface area contributed by atoms with Gasteiger partial charge in [-0.05, 0) is 50.6 Å². The number of nitrogens with one attached hydrogen (secondary N) is 1. The molecule has 10 heteroatoms. The number of carbonyl (C=O) groups is 2. The Hall–Kier alpha value is -4.05. The summed E-state index contributed by atoms with van der Waals surface area (Å²) in [6.07, 6.45) is 0. The Morgan fingerprint density at radius 2 is 1.67 bits per heavy atom. The van der Waals surface area contributed by atoms with E-state index in [0.29, 0.717) is 12.3 Å². The van der Waals surface area contributed by atoms with Crippen molar-refractivity contribution < 1.29 is 27.5 Å². The Balaban J connectivity index is 2.11. The summed E-state index contributed by atoms with van der Waals surface area (Å²) in [5.74, 6) is -0.265. The molecule has 3 aromatic carbocycles. The highest BCUT2D eigenvalue weighted by Gasteiger charge is 2.34. The van der Waals surface area contributed by atoms with Crippen molar-refractivity contribution in [1.82, 2.24) is 10.2 Å². The van der Waals surface area contributed by atoms with E-state index < -0.39 is 28.5 Å². The normalized spacial score (nSPS) is 11.8. The molecule has 0 aliphatic carbocycles. The molecule has 0 radical (unpaired) electrons. The van der Waals surface area contributed by atoms with Gasteiger partial charge in [-0.2, -0.15) is 0 Å². The van der Waals surface area contributed by atoms with Gasteiger partial charge in [-0.3, -0.25) is 13.9 Å². The highest BCUT2D eigenvalue weighted by atomic mass is 32.2. The zero-order valence-corrected chi connectivity index (χ0v) is 23.7. The number of hydrogen-bond acceptors (Lipinski definition) is 6. The first-order valence-corrected chi connectivity index (χ1v) is 14.0. The molecular weight excluding hydrogens is 518 g/mol. The number of rotatable bonds is 12. The van der Waals surface area contributed by atoms with Gasteiger partial charge in [0.1, 0.15) is 24.1 Å². The van der Waals surface area contributed by atoms with E-state index in [4.69, 9.17) is 9.47 Å². The molecular formula is C29H35N3O6S. The second-order valence-electron chi connectivity index (χ2n) is 8.94. The van der Waals surface area contributed by atoms with Crippen LogP contribution >= 0.6 is 0 Å². The molecule has 0 aliphatic rings. The smallest absolute Gasteiger partial charge is 0.264 e. The zero-order valence-electron chi connectivity index (χ0n) is 22.9. The number of sulfonamides is 1. The molecule has 0 saturated heterocycles. The fraction of sp³-hybridized carbons (Fsp3) is 0.310. The summed E-state index contributed by atoms with van der Waals surface area (Å²) in [6.45, 7) is 5.29. The van der Waals surface area contributed by atoms with Crippen LogP contribution in [-0.2, 0) is 26.2 Å². The minimum Gasteiger partial charge on any atom is -0.497 e. The van der Waals surface area contributed by atoms with Crippen LogP contribution in [0.15, 0.2) is 77.7 Å². The first-order valence-electron chi connectivity index (χ1n) is 12.5. The lowest BCUT2D eigenvalue weighted by atomic mass is 10.1. The minimum absolute atomic E-state index is 0.00433. The first kappa shape index (κ1) is 29.5. The number of benzene rings is 3. The highest BCUT2D eigenvalue weighted by Crippen LogP contribution is 2.36. The lowest BCUT2D eigenvalue weighted by Crippen LogP contribution is -2.51. The van der Waals surface area contributed by atoms with Crippen LogP contribution in [0.1, 0.15) is 25.0 Å². The van der Waals surface area contributed by atoms with Crippen molar-refractivity contribution >= 4 is 27.5 Å². The van der Waals surface area contributed by atoms with E-state index in [1.807, 2.05) is 31.2 Å². The fourth-order valence-corrected chi connectivity index (χ4v) is 5.57. The Morgan fingerprint density at radius 1 is 0.949 bits per heavy atom. The fourth-order valence-electron chi connectivity index (χ4n) is 4.14. The van der Waals surface area contributed by atoms with Gasteiger partial charge in [-0.1, -0.05) is 48.0 Å². The minimum atomic E-state index is -4.23. The van der Waals surface area contributed by atoms with Crippen molar-refractivity contribution in [3.8, 4) is 11.5 Å². The van der Waals surface area contributed by atoms with Gasteiger partial charge in [0, 0.05) is 19.2 Å². The molecule has 39 heavy (non-hydrogen) atoms. The standard InChI is InChI=1S/C29H35N3O6S/c1-6-30-29(34)22(3)31(19-23-12-10-11-21(2)17-23)28(33)20-32(39(35,36)25-13-8-7-9-14-25)26-18-24(37-4)15-16-27(26)38-5/h7-18,22H,6,19-20H2,1-5H3,(H,30,34)/t22-/m0/s1. The quantitative estimate of drug-likeness (QED) is 0.366. The summed E-state index contributed by atoms with van der Waals surface area (Å²) in [6, 6.07) is 19.3. The Kier molecular flexibility index (Phi) is 9.95. The predicted molar refractivity (Wildman–Crippen MR) is 150 cm³/mol. The van der Waals surface area contributed by atoms with Crippen LogP contribution in [0.25, 0.3) is 0 Å². The molecule has 0 fully saturated rings. The van der Waals surface area contributed by atoms with Crippen LogP contribution in [-0.4, -0.2) is 58.5 Å². The number of anilines is 1. The summed E-state index contributed by atoms with van der Waals surface area (Å²) in [7, 11) is -1.35. The van der Waals surface area contributed by atoms with Crippen molar-refractivity contribution in [3.63, 3.8) is 0 Å². The molecule has 0 aliphatic heterocycles. The second-order valence-corrected chi connectivity index (χ2v) is 10.8. The van der Waals surface area contributed by atoms with E-state index in [-0.39, 0.29) is 28.8 Å². The molecule has 0 spiro atoms. The highest BCUT2D eigenvalue weighted by molar-refractivity contribution is 7.92. The van der Waals surface area contributed by atoms with Crippen molar-refractivity contribution in [1.29, 1.82) is 0 Å². The number of carbonyl (C=O) groups excluding carboxylic acids is 2. The number of nitrogens with zero attached hydrogens (tertiary/aromatic N) is 2. The number of ether oxygens (including phenoxy) is 2. The second kappa shape index (κ2) is 13.1. The average Bonchev–Trinajstić information content (AvgIpc) is 2.94. The Morgan fingerprint density at radius 3 is 2.28 bits per heavy atom. The third kappa shape index (κ3) is 7.08. The van der Waals surface area contributed by atoms with E-state index >= 15 is 0 Å². The van der Waals surface area contributed by atoms with E-state index in [1.54, 1.807) is 44.2 Å². The largest absolute Gasteiger partial charge is 0.497 e. The number of hydrogen-bond donors (Lipinski definition) is 1. The Labute approximate surface area is 230 Å². The van der Waals surface area contributed by atoms with E-state index in [9.17, 15) is 18.0 Å².